The Hall–Kier alpha value is -4.07. The highest BCUT2D eigenvalue weighted by atomic mass is 16.6. The molecule has 2 aromatic carbocycles. The first-order valence-electron chi connectivity index (χ1n) is 9.69. The van der Waals surface area contributed by atoms with Crippen molar-refractivity contribution in [1.82, 2.24) is 4.98 Å². The van der Waals surface area contributed by atoms with E-state index in [1.54, 1.807) is 50.3 Å². The van der Waals surface area contributed by atoms with Gasteiger partial charge in [-0.25, -0.2) is 4.98 Å². The van der Waals surface area contributed by atoms with Gasteiger partial charge >= 0.3 is 17.6 Å². The van der Waals surface area contributed by atoms with Crippen molar-refractivity contribution >= 4 is 40.7 Å². The molecule has 0 radical (unpaired) electrons. The highest BCUT2D eigenvalue weighted by Gasteiger charge is 2.17. The molecule has 3 aromatic rings. The molecule has 0 spiro atoms. The molecule has 8 heteroatoms. The van der Waals surface area contributed by atoms with Crippen molar-refractivity contribution < 1.29 is 24.0 Å². The number of hydrogen-bond donors (Lipinski definition) is 0. The number of hydrogen-bond acceptors (Lipinski definition) is 7. The number of ether oxygens (including phenoxy) is 2. The summed E-state index contributed by atoms with van der Waals surface area (Å²) >= 11 is 0. The third kappa shape index (κ3) is 5.30. The first kappa shape index (κ1) is 21.6. The second-order valence-corrected chi connectivity index (χ2v) is 6.54. The Labute approximate surface area is 178 Å². The number of carbonyl (C=O) groups is 2. The number of nitro groups is 1. The van der Waals surface area contributed by atoms with E-state index < -0.39 is 10.9 Å². The van der Waals surface area contributed by atoms with E-state index in [9.17, 15) is 19.7 Å². The topological polar surface area (TPSA) is 109 Å². The molecule has 1 heterocycles. The third-order valence-electron chi connectivity index (χ3n) is 4.36. The van der Waals surface area contributed by atoms with Crippen LogP contribution in [-0.4, -0.2) is 21.8 Å². The van der Waals surface area contributed by atoms with Gasteiger partial charge < -0.3 is 9.47 Å². The van der Waals surface area contributed by atoms with Crippen LogP contribution in [0.1, 0.15) is 37.9 Å². The van der Waals surface area contributed by atoms with Crippen molar-refractivity contribution in [3.63, 3.8) is 0 Å². The predicted octanol–water partition coefficient (Wildman–Crippen LogP) is 4.94. The molecular formula is C23H20N2O6. The lowest BCUT2D eigenvalue weighted by Gasteiger charge is -2.07. The SMILES string of the molecule is CCC(=O)Oc1ccc(C=Cc2ccc3cccc(OC(=O)CC)c3n2)cc1[N+](=O)[O-]. The highest BCUT2D eigenvalue weighted by molar-refractivity contribution is 5.88. The fourth-order valence-electron chi connectivity index (χ4n) is 2.75. The van der Waals surface area contributed by atoms with Gasteiger partial charge in [-0.15, -0.1) is 0 Å². The van der Waals surface area contributed by atoms with Crippen molar-refractivity contribution in [2.45, 2.75) is 26.7 Å². The summed E-state index contributed by atoms with van der Waals surface area (Å²) in [7, 11) is 0. The minimum absolute atomic E-state index is 0.0970. The summed E-state index contributed by atoms with van der Waals surface area (Å²) in [6.45, 7) is 3.32. The fourth-order valence-corrected chi connectivity index (χ4v) is 2.75. The summed E-state index contributed by atoms with van der Waals surface area (Å²) < 4.78 is 10.4. The molecule has 0 aliphatic rings. The molecule has 158 valence electrons. The van der Waals surface area contributed by atoms with Crippen molar-refractivity contribution in [1.29, 1.82) is 0 Å². The average molecular weight is 420 g/mol. The van der Waals surface area contributed by atoms with E-state index in [1.165, 1.54) is 12.1 Å². The standard InChI is InChI=1S/C23H20N2O6/c1-3-21(26)30-19-13-9-15(14-18(19)25(28)29)8-11-17-12-10-16-6-5-7-20(23(16)24-17)31-22(27)4-2/h5-14H,3-4H2,1-2H3. The lowest BCUT2D eigenvalue weighted by molar-refractivity contribution is -0.385. The van der Waals surface area contributed by atoms with E-state index in [0.29, 0.717) is 22.5 Å². The van der Waals surface area contributed by atoms with Gasteiger partial charge in [-0.05, 0) is 29.8 Å². The maximum Gasteiger partial charge on any atom is 0.312 e. The summed E-state index contributed by atoms with van der Waals surface area (Å²) in [6, 6.07) is 13.3. The zero-order chi connectivity index (χ0) is 22.4. The van der Waals surface area contributed by atoms with Crippen LogP contribution in [0.5, 0.6) is 11.5 Å². The van der Waals surface area contributed by atoms with Gasteiger partial charge in [0.05, 0.1) is 10.6 Å². The highest BCUT2D eigenvalue weighted by Crippen LogP contribution is 2.29. The van der Waals surface area contributed by atoms with E-state index in [1.807, 2.05) is 12.1 Å². The van der Waals surface area contributed by atoms with Gasteiger partial charge in [-0.3, -0.25) is 19.7 Å². The quantitative estimate of drug-likeness (QED) is 0.230. The number of pyridine rings is 1. The number of fused-ring (bicyclic) bond motifs is 1. The minimum atomic E-state index is -0.599. The molecule has 0 bridgehead atoms. The second-order valence-electron chi connectivity index (χ2n) is 6.54. The lowest BCUT2D eigenvalue weighted by atomic mass is 10.1. The Balaban J connectivity index is 1.91. The van der Waals surface area contributed by atoms with Gasteiger partial charge in [-0.2, -0.15) is 0 Å². The molecular weight excluding hydrogens is 400 g/mol. The predicted molar refractivity (Wildman–Crippen MR) is 116 cm³/mol. The second kappa shape index (κ2) is 9.62. The van der Waals surface area contributed by atoms with Crippen molar-refractivity contribution in [2.75, 3.05) is 0 Å². The molecule has 1 aromatic heterocycles. The Morgan fingerprint density at radius 3 is 2.35 bits per heavy atom. The maximum atomic E-state index is 11.7. The monoisotopic (exact) mass is 420 g/mol. The van der Waals surface area contributed by atoms with Crippen molar-refractivity contribution in [3.8, 4) is 11.5 Å². The molecule has 0 aliphatic carbocycles. The van der Waals surface area contributed by atoms with Gasteiger partial charge in [-0.1, -0.05) is 44.2 Å². The smallest absolute Gasteiger partial charge is 0.312 e. The number of nitro benzene ring substituents is 1. The van der Waals surface area contributed by atoms with Crippen LogP contribution >= 0.6 is 0 Å². The normalized spacial score (nSPS) is 10.9. The van der Waals surface area contributed by atoms with E-state index in [4.69, 9.17) is 9.47 Å². The van der Waals surface area contributed by atoms with E-state index in [2.05, 4.69) is 4.98 Å². The molecule has 0 unspecified atom stereocenters. The van der Waals surface area contributed by atoms with Crippen LogP contribution < -0.4 is 9.47 Å². The van der Waals surface area contributed by atoms with Crippen LogP contribution in [-0.2, 0) is 9.59 Å². The van der Waals surface area contributed by atoms with Crippen LogP contribution in [0.4, 0.5) is 5.69 Å². The molecule has 0 amide bonds. The molecule has 3 rings (SSSR count). The molecule has 0 N–H and O–H groups in total. The summed E-state index contributed by atoms with van der Waals surface area (Å²) in [6.07, 6.45) is 3.71. The van der Waals surface area contributed by atoms with Gasteiger partial charge in [0.1, 0.15) is 5.52 Å². The van der Waals surface area contributed by atoms with E-state index >= 15 is 0 Å². The van der Waals surface area contributed by atoms with Crippen LogP contribution in [0.25, 0.3) is 23.1 Å². The average Bonchev–Trinajstić information content (AvgIpc) is 2.78. The number of rotatable bonds is 7. The Morgan fingerprint density at radius 2 is 1.68 bits per heavy atom. The number of nitrogens with zero attached hydrogens (tertiary/aromatic N) is 2. The molecule has 0 saturated carbocycles. The first-order chi connectivity index (χ1) is 14.9. The van der Waals surface area contributed by atoms with Gasteiger partial charge in [0.2, 0.25) is 5.75 Å². The Kier molecular flexibility index (Phi) is 6.71. The minimum Gasteiger partial charge on any atom is -0.424 e. The number of benzene rings is 2. The van der Waals surface area contributed by atoms with Crippen LogP contribution in [0.15, 0.2) is 48.5 Å². The van der Waals surface area contributed by atoms with E-state index in [0.717, 1.165) is 5.39 Å². The Bertz CT molecular complexity index is 1190. The molecule has 0 fully saturated rings. The summed E-state index contributed by atoms with van der Waals surface area (Å²) in [5.74, 6) is -0.629. The Morgan fingerprint density at radius 1 is 0.968 bits per heavy atom. The molecule has 8 nitrogen and oxygen atoms in total. The summed E-state index contributed by atoms with van der Waals surface area (Å²) in [5, 5.41) is 12.2. The number of esters is 2. The first-order valence-corrected chi connectivity index (χ1v) is 9.69. The summed E-state index contributed by atoms with van der Waals surface area (Å²) in [5.41, 5.74) is 1.36. The van der Waals surface area contributed by atoms with Gasteiger partial charge in [0.25, 0.3) is 0 Å². The fraction of sp³-hybridized carbons (Fsp3) is 0.174. The van der Waals surface area contributed by atoms with Crippen molar-refractivity contribution in [3.05, 3.63) is 69.9 Å². The van der Waals surface area contributed by atoms with Gasteiger partial charge in [0.15, 0.2) is 5.75 Å². The zero-order valence-electron chi connectivity index (χ0n) is 17.0. The molecule has 0 saturated heterocycles. The largest absolute Gasteiger partial charge is 0.424 e. The molecule has 31 heavy (non-hydrogen) atoms. The maximum absolute atomic E-state index is 11.7. The number of para-hydroxylation sites is 1. The van der Waals surface area contributed by atoms with Gasteiger partial charge in [0, 0.05) is 24.3 Å². The molecule has 0 atom stereocenters. The molecule has 0 aliphatic heterocycles. The van der Waals surface area contributed by atoms with Crippen LogP contribution in [0.2, 0.25) is 0 Å². The van der Waals surface area contributed by atoms with Crippen LogP contribution in [0, 0.1) is 10.1 Å². The zero-order valence-corrected chi connectivity index (χ0v) is 17.0. The number of carbonyl (C=O) groups excluding carboxylic acids is 2. The number of aromatic nitrogens is 1. The third-order valence-corrected chi connectivity index (χ3v) is 4.36. The van der Waals surface area contributed by atoms with E-state index in [-0.39, 0.29) is 30.2 Å². The summed E-state index contributed by atoms with van der Waals surface area (Å²) in [4.78, 5) is 38.4. The lowest BCUT2D eigenvalue weighted by Crippen LogP contribution is -2.07. The van der Waals surface area contributed by atoms with Crippen molar-refractivity contribution in [2.24, 2.45) is 0 Å². The van der Waals surface area contributed by atoms with Crippen LogP contribution in [0.3, 0.4) is 0 Å².